The van der Waals surface area contributed by atoms with E-state index in [4.69, 9.17) is 5.73 Å². The number of rotatable bonds is 6. The summed E-state index contributed by atoms with van der Waals surface area (Å²) in [4.78, 5) is 24.7. The lowest BCUT2D eigenvalue weighted by atomic mass is 10.1. The summed E-state index contributed by atoms with van der Waals surface area (Å²) in [6, 6.07) is 16.1. The maximum Gasteiger partial charge on any atom is 0.237 e. The number of carbonyl (C=O) groups is 2. The first-order chi connectivity index (χ1) is 13.6. The largest absolute Gasteiger partial charge is 0.353 e. The molecule has 0 bridgehead atoms. The molecule has 1 atom stereocenters. The molecule has 2 aliphatic rings. The number of carbonyl (C=O) groups excluding carboxylic acids is 2. The van der Waals surface area contributed by atoms with E-state index in [2.05, 4.69) is 34.9 Å². The van der Waals surface area contributed by atoms with Crippen LogP contribution in [0.1, 0.15) is 35.1 Å². The molecule has 0 saturated heterocycles. The Labute approximate surface area is 177 Å². The minimum absolute atomic E-state index is 0. The first kappa shape index (κ1) is 21.3. The maximum absolute atomic E-state index is 12.4. The quantitative estimate of drug-likeness (QED) is 0.677. The third-order valence-corrected chi connectivity index (χ3v) is 5.83. The zero-order valence-corrected chi connectivity index (χ0v) is 17.2. The van der Waals surface area contributed by atoms with E-state index in [1.165, 1.54) is 22.3 Å². The Hall–Kier alpha value is -2.37. The van der Waals surface area contributed by atoms with Crippen molar-refractivity contribution in [1.82, 2.24) is 10.6 Å². The molecule has 0 radical (unpaired) electrons. The average molecular weight is 414 g/mol. The Morgan fingerprint density at radius 3 is 1.69 bits per heavy atom. The molecule has 0 saturated carbocycles. The summed E-state index contributed by atoms with van der Waals surface area (Å²) >= 11 is 0. The van der Waals surface area contributed by atoms with Crippen LogP contribution in [0.3, 0.4) is 0 Å². The highest BCUT2D eigenvalue weighted by atomic mass is 35.5. The monoisotopic (exact) mass is 413 g/mol. The molecule has 6 heteroatoms. The zero-order valence-electron chi connectivity index (χ0n) is 16.4. The van der Waals surface area contributed by atoms with Crippen molar-refractivity contribution in [2.75, 3.05) is 0 Å². The second-order valence-electron chi connectivity index (χ2n) is 7.97. The molecule has 154 valence electrons. The predicted molar refractivity (Wildman–Crippen MR) is 116 cm³/mol. The number of hydrogen-bond acceptors (Lipinski definition) is 3. The SMILES string of the molecule is Cl.N[C@@H](CCC(=O)NC1Cc2ccccc2C1)C(=O)NC1Cc2ccccc2C1. The lowest BCUT2D eigenvalue weighted by molar-refractivity contribution is -0.124. The second kappa shape index (κ2) is 9.42. The molecule has 0 fully saturated rings. The van der Waals surface area contributed by atoms with Crippen molar-refractivity contribution in [2.45, 2.75) is 56.7 Å². The van der Waals surface area contributed by atoms with Gasteiger partial charge in [0.1, 0.15) is 0 Å². The van der Waals surface area contributed by atoms with Crippen LogP contribution in [-0.2, 0) is 35.3 Å². The van der Waals surface area contributed by atoms with E-state index < -0.39 is 6.04 Å². The third-order valence-electron chi connectivity index (χ3n) is 5.83. The van der Waals surface area contributed by atoms with Gasteiger partial charge in [0.25, 0.3) is 0 Å². The van der Waals surface area contributed by atoms with Crippen molar-refractivity contribution in [3.8, 4) is 0 Å². The van der Waals surface area contributed by atoms with Crippen LogP contribution in [0.4, 0.5) is 0 Å². The standard InChI is InChI=1S/C23H27N3O2.ClH/c24-21(23(28)26-20-13-17-7-3-4-8-18(17)14-20)9-10-22(27)25-19-11-15-5-1-2-6-16(15)12-19;/h1-8,19-21H,9-14,24H2,(H,25,27)(H,26,28);1H/t21-;/m0./s1. The van der Waals surface area contributed by atoms with Gasteiger partial charge in [-0.05, 0) is 54.4 Å². The number of nitrogens with one attached hydrogen (secondary N) is 2. The Kier molecular flexibility index (Phi) is 6.93. The van der Waals surface area contributed by atoms with E-state index in [0.717, 1.165) is 25.7 Å². The maximum atomic E-state index is 12.4. The van der Waals surface area contributed by atoms with Gasteiger partial charge >= 0.3 is 0 Å². The Bertz CT molecular complexity index is 836. The topological polar surface area (TPSA) is 84.2 Å². The minimum Gasteiger partial charge on any atom is -0.353 e. The number of nitrogens with two attached hydrogens (primary N) is 1. The van der Waals surface area contributed by atoms with Crippen molar-refractivity contribution in [3.05, 3.63) is 70.8 Å². The van der Waals surface area contributed by atoms with Gasteiger partial charge in [0.05, 0.1) is 6.04 Å². The van der Waals surface area contributed by atoms with Crippen LogP contribution in [0.25, 0.3) is 0 Å². The van der Waals surface area contributed by atoms with Crippen molar-refractivity contribution >= 4 is 24.2 Å². The van der Waals surface area contributed by atoms with E-state index in [-0.39, 0.29) is 42.7 Å². The van der Waals surface area contributed by atoms with Crippen molar-refractivity contribution in [2.24, 2.45) is 5.73 Å². The van der Waals surface area contributed by atoms with Crippen molar-refractivity contribution in [1.29, 1.82) is 0 Å². The highest BCUT2D eigenvalue weighted by Crippen LogP contribution is 2.22. The summed E-state index contributed by atoms with van der Waals surface area (Å²) in [5.41, 5.74) is 11.2. The summed E-state index contributed by atoms with van der Waals surface area (Å²) in [5.74, 6) is -0.201. The van der Waals surface area contributed by atoms with Crippen LogP contribution in [0, 0.1) is 0 Å². The van der Waals surface area contributed by atoms with Gasteiger partial charge in [-0.3, -0.25) is 9.59 Å². The molecule has 29 heavy (non-hydrogen) atoms. The fourth-order valence-electron chi connectivity index (χ4n) is 4.35. The highest BCUT2D eigenvalue weighted by Gasteiger charge is 2.26. The summed E-state index contributed by atoms with van der Waals surface area (Å²) in [6.07, 6.45) is 4.06. The summed E-state index contributed by atoms with van der Waals surface area (Å²) in [5, 5.41) is 6.12. The lowest BCUT2D eigenvalue weighted by Crippen LogP contribution is -2.46. The highest BCUT2D eigenvalue weighted by molar-refractivity contribution is 5.85. The van der Waals surface area contributed by atoms with E-state index in [0.29, 0.717) is 6.42 Å². The van der Waals surface area contributed by atoms with Gasteiger partial charge in [-0.25, -0.2) is 0 Å². The number of amides is 2. The number of halogens is 1. The van der Waals surface area contributed by atoms with Crippen LogP contribution in [0.5, 0.6) is 0 Å². The second-order valence-corrected chi connectivity index (χ2v) is 7.97. The lowest BCUT2D eigenvalue weighted by Gasteiger charge is -2.17. The molecular formula is C23H28ClN3O2. The van der Waals surface area contributed by atoms with Gasteiger partial charge in [0.2, 0.25) is 11.8 Å². The van der Waals surface area contributed by atoms with Crippen LogP contribution in [0.2, 0.25) is 0 Å². The number of benzene rings is 2. The van der Waals surface area contributed by atoms with E-state index in [1.54, 1.807) is 0 Å². The van der Waals surface area contributed by atoms with E-state index in [1.807, 2.05) is 24.3 Å². The van der Waals surface area contributed by atoms with Gasteiger partial charge in [0.15, 0.2) is 0 Å². The van der Waals surface area contributed by atoms with Crippen LogP contribution >= 0.6 is 12.4 Å². The molecule has 2 aromatic rings. The minimum atomic E-state index is -0.657. The van der Waals surface area contributed by atoms with Gasteiger partial charge in [-0.2, -0.15) is 0 Å². The number of fused-ring (bicyclic) bond motifs is 2. The molecule has 0 unspecified atom stereocenters. The van der Waals surface area contributed by atoms with Gasteiger partial charge in [-0.1, -0.05) is 48.5 Å². The van der Waals surface area contributed by atoms with Crippen molar-refractivity contribution < 1.29 is 9.59 Å². The number of hydrogen-bond donors (Lipinski definition) is 3. The zero-order chi connectivity index (χ0) is 19.5. The summed E-state index contributed by atoms with van der Waals surface area (Å²) in [7, 11) is 0. The van der Waals surface area contributed by atoms with E-state index in [9.17, 15) is 9.59 Å². The van der Waals surface area contributed by atoms with E-state index >= 15 is 0 Å². The summed E-state index contributed by atoms with van der Waals surface area (Å²) in [6.45, 7) is 0. The van der Waals surface area contributed by atoms with Crippen LogP contribution < -0.4 is 16.4 Å². The predicted octanol–water partition coefficient (Wildman–Crippen LogP) is 2.08. The Morgan fingerprint density at radius 2 is 1.24 bits per heavy atom. The van der Waals surface area contributed by atoms with Gasteiger partial charge < -0.3 is 16.4 Å². The Morgan fingerprint density at radius 1 is 0.828 bits per heavy atom. The van der Waals surface area contributed by atoms with Gasteiger partial charge in [-0.15, -0.1) is 12.4 Å². The summed E-state index contributed by atoms with van der Waals surface area (Å²) < 4.78 is 0. The first-order valence-corrected chi connectivity index (χ1v) is 10.1. The van der Waals surface area contributed by atoms with Gasteiger partial charge in [0, 0.05) is 18.5 Å². The molecule has 0 aliphatic heterocycles. The van der Waals surface area contributed by atoms with Crippen LogP contribution in [-0.4, -0.2) is 29.9 Å². The molecule has 2 aromatic carbocycles. The van der Waals surface area contributed by atoms with Crippen molar-refractivity contribution in [3.63, 3.8) is 0 Å². The fourth-order valence-corrected chi connectivity index (χ4v) is 4.35. The molecule has 2 amide bonds. The average Bonchev–Trinajstić information content (AvgIpc) is 3.28. The smallest absolute Gasteiger partial charge is 0.237 e. The molecule has 4 rings (SSSR count). The molecular weight excluding hydrogens is 386 g/mol. The van der Waals surface area contributed by atoms with Crippen LogP contribution in [0.15, 0.2) is 48.5 Å². The molecule has 0 aromatic heterocycles. The third kappa shape index (κ3) is 5.17. The molecule has 4 N–H and O–H groups in total. The molecule has 5 nitrogen and oxygen atoms in total. The Balaban J connectivity index is 0.00000240. The molecule has 2 aliphatic carbocycles. The molecule has 0 heterocycles. The fraction of sp³-hybridized carbons (Fsp3) is 0.391. The molecule has 0 spiro atoms. The normalized spacial score (nSPS) is 16.4. The first-order valence-electron chi connectivity index (χ1n) is 10.1.